The smallest absolute Gasteiger partial charge is 0.390 e. The quantitative estimate of drug-likeness (QED) is 0.202. The molecule has 3 saturated carbocycles. The molecule has 0 spiro atoms. The van der Waals surface area contributed by atoms with E-state index in [-0.39, 0.29) is 29.7 Å². The highest BCUT2D eigenvalue weighted by molar-refractivity contribution is 5.38. The third kappa shape index (κ3) is 7.36. The van der Waals surface area contributed by atoms with Gasteiger partial charge in [-0.3, -0.25) is 0 Å². The molecule has 3 aliphatic rings. The largest absolute Gasteiger partial charge is 0.429 e. The Morgan fingerprint density at radius 1 is 0.905 bits per heavy atom. The first-order chi connectivity index (χ1) is 19.1. The van der Waals surface area contributed by atoms with Crippen LogP contribution >= 0.6 is 0 Å². The van der Waals surface area contributed by atoms with Crippen molar-refractivity contribution in [2.45, 2.75) is 134 Å². The Kier molecular flexibility index (Phi) is 10.3. The molecule has 0 heterocycles. The van der Waals surface area contributed by atoms with Crippen molar-refractivity contribution in [3.8, 4) is 0 Å². The van der Waals surface area contributed by atoms with Gasteiger partial charge in [0.2, 0.25) is 0 Å². The van der Waals surface area contributed by atoms with E-state index in [0.717, 1.165) is 56.6 Å². The van der Waals surface area contributed by atoms with Gasteiger partial charge in [0.05, 0.1) is 5.60 Å². The lowest BCUT2D eigenvalue weighted by Gasteiger charge is -2.49. The van der Waals surface area contributed by atoms with Crippen LogP contribution in [-0.2, 0) is 0 Å². The molecule has 3 aliphatic carbocycles. The summed E-state index contributed by atoms with van der Waals surface area (Å²) >= 11 is 0. The molecule has 240 valence electrons. The summed E-state index contributed by atoms with van der Waals surface area (Å²) < 4.78 is 94.3. The molecule has 0 radical (unpaired) electrons. The van der Waals surface area contributed by atoms with Gasteiger partial charge in [-0.05, 0) is 124 Å². The molecule has 2 N–H and O–H groups in total. The summed E-state index contributed by atoms with van der Waals surface area (Å²) in [5, 5.41) is 20.0. The number of alkyl halides is 7. The molecule has 3 fully saturated rings. The lowest BCUT2D eigenvalue weighted by molar-refractivity contribution is -0.347. The van der Waals surface area contributed by atoms with Crippen LogP contribution in [0.2, 0.25) is 0 Å². The van der Waals surface area contributed by atoms with E-state index in [9.17, 15) is 40.9 Å². The van der Waals surface area contributed by atoms with Gasteiger partial charge in [-0.2, -0.15) is 26.3 Å². The average Bonchev–Trinajstić information content (AvgIpc) is 3.21. The van der Waals surface area contributed by atoms with Gasteiger partial charge < -0.3 is 10.2 Å². The number of allylic oxidation sites excluding steroid dienone is 6. The zero-order valence-corrected chi connectivity index (χ0v) is 25.3. The average molecular weight is 609 g/mol. The lowest BCUT2D eigenvalue weighted by atomic mass is 9.55. The first-order valence-electron chi connectivity index (χ1n) is 15.1. The van der Waals surface area contributed by atoms with Crippen LogP contribution in [0.15, 0.2) is 47.6 Å². The summed E-state index contributed by atoms with van der Waals surface area (Å²) in [5.41, 5.74) is -4.06. The van der Waals surface area contributed by atoms with E-state index < -0.39 is 35.1 Å². The fourth-order valence-corrected chi connectivity index (χ4v) is 7.98. The van der Waals surface area contributed by atoms with Gasteiger partial charge in [0.1, 0.15) is 6.17 Å². The predicted octanol–water partition coefficient (Wildman–Crippen LogP) is 9.88. The van der Waals surface area contributed by atoms with Gasteiger partial charge in [0.15, 0.2) is 0 Å². The van der Waals surface area contributed by atoms with Crippen LogP contribution in [0.3, 0.4) is 0 Å². The molecule has 0 bridgehead atoms. The minimum absolute atomic E-state index is 0.00235. The molecule has 0 aromatic rings. The molecular weight excluding hydrogens is 561 g/mol. The van der Waals surface area contributed by atoms with E-state index in [0.29, 0.717) is 31.3 Å². The third-order valence-electron chi connectivity index (χ3n) is 10.3. The molecule has 5 atom stereocenters. The summed E-state index contributed by atoms with van der Waals surface area (Å²) in [6.45, 7) is 11.4. The molecule has 9 heteroatoms. The van der Waals surface area contributed by atoms with Crippen molar-refractivity contribution < 1.29 is 40.9 Å². The van der Waals surface area contributed by atoms with Crippen LogP contribution in [0, 0.1) is 22.7 Å². The summed E-state index contributed by atoms with van der Waals surface area (Å²) in [6, 6.07) is 0. The SMILES string of the molecule is C=C1/C(=C\C=C2/CCC[C@@]3(C)C2CCC3[C@@](C)(C/C=C/C(O)(C(F)(F)F)C(F)(F)F)CCCC(C)(C)O)CCC[C@@H]1F. The second-order valence-electron chi connectivity index (χ2n) is 14.0. The zero-order valence-electron chi connectivity index (χ0n) is 25.3. The molecule has 0 aromatic carbocycles. The molecule has 2 nitrogen and oxygen atoms in total. The second kappa shape index (κ2) is 12.4. The van der Waals surface area contributed by atoms with Crippen molar-refractivity contribution >= 4 is 0 Å². The lowest BCUT2D eigenvalue weighted by Crippen LogP contribution is -2.55. The Morgan fingerprint density at radius 3 is 2.14 bits per heavy atom. The fraction of sp³-hybridized carbons (Fsp3) is 0.758. The van der Waals surface area contributed by atoms with E-state index in [1.807, 2.05) is 13.0 Å². The first-order valence-corrected chi connectivity index (χ1v) is 15.1. The van der Waals surface area contributed by atoms with Gasteiger partial charge in [0, 0.05) is 0 Å². The number of hydrogen-bond donors (Lipinski definition) is 2. The van der Waals surface area contributed by atoms with Crippen molar-refractivity contribution in [3.05, 3.63) is 47.6 Å². The molecule has 0 saturated heterocycles. The number of rotatable bonds is 9. The standard InChI is InChI=1S/C33H47F7O2/c1-22-23(10-6-12-26(22)34)13-14-24-11-7-20-30(5)25(24)15-16-27(30)29(4,18-8-17-28(2,3)41)19-9-21-31(42,32(35,36)37)33(38,39)40/h9,13-14,21,25-27,41-42H,1,6-8,10-12,15-20H2,2-5H3/b21-9+,23-13-,24-14+/t25?,26-,27?,29+,30-/m0/s1. The van der Waals surface area contributed by atoms with Crippen LogP contribution in [-0.4, -0.2) is 39.9 Å². The van der Waals surface area contributed by atoms with Crippen LogP contribution in [0.25, 0.3) is 0 Å². The van der Waals surface area contributed by atoms with E-state index in [2.05, 4.69) is 19.6 Å². The Labute approximate surface area is 245 Å². The van der Waals surface area contributed by atoms with Gasteiger partial charge in [-0.15, -0.1) is 0 Å². The summed E-state index contributed by atoms with van der Waals surface area (Å²) in [7, 11) is 0. The van der Waals surface area contributed by atoms with Crippen molar-refractivity contribution in [2.24, 2.45) is 22.7 Å². The number of aliphatic hydroxyl groups is 2. The van der Waals surface area contributed by atoms with E-state index >= 15 is 0 Å². The Morgan fingerprint density at radius 2 is 1.55 bits per heavy atom. The van der Waals surface area contributed by atoms with Crippen LogP contribution < -0.4 is 0 Å². The van der Waals surface area contributed by atoms with Crippen molar-refractivity contribution in [1.82, 2.24) is 0 Å². The normalized spacial score (nSPS) is 31.6. The number of hydrogen-bond acceptors (Lipinski definition) is 2. The van der Waals surface area contributed by atoms with Gasteiger partial charge in [-0.1, -0.05) is 50.6 Å². The van der Waals surface area contributed by atoms with Gasteiger partial charge in [0.25, 0.3) is 5.60 Å². The fourth-order valence-electron chi connectivity index (χ4n) is 7.98. The third-order valence-corrected chi connectivity index (χ3v) is 10.3. The second-order valence-corrected chi connectivity index (χ2v) is 14.0. The number of fused-ring (bicyclic) bond motifs is 1. The minimum Gasteiger partial charge on any atom is -0.390 e. The monoisotopic (exact) mass is 608 g/mol. The molecule has 3 rings (SSSR count). The maximum Gasteiger partial charge on any atom is 0.429 e. The maximum absolute atomic E-state index is 14.2. The van der Waals surface area contributed by atoms with Crippen LogP contribution in [0.1, 0.15) is 105 Å². The first kappa shape index (κ1) is 34.9. The summed E-state index contributed by atoms with van der Waals surface area (Å²) in [5.74, 6) is 0.202. The van der Waals surface area contributed by atoms with E-state index in [4.69, 9.17) is 0 Å². The molecular formula is C33H47F7O2. The van der Waals surface area contributed by atoms with Gasteiger partial charge in [-0.25, -0.2) is 4.39 Å². The molecule has 0 amide bonds. The predicted molar refractivity (Wildman–Crippen MR) is 151 cm³/mol. The molecule has 42 heavy (non-hydrogen) atoms. The molecule has 0 aromatic heterocycles. The Bertz CT molecular complexity index is 1050. The van der Waals surface area contributed by atoms with E-state index in [1.165, 1.54) is 5.57 Å². The summed E-state index contributed by atoms with van der Waals surface area (Å²) in [6.07, 6.45) is -0.282. The molecule has 0 aliphatic heterocycles. The van der Waals surface area contributed by atoms with Gasteiger partial charge >= 0.3 is 12.4 Å². The molecule has 2 unspecified atom stereocenters. The Balaban J connectivity index is 1.93. The van der Waals surface area contributed by atoms with Crippen LogP contribution in [0.4, 0.5) is 30.7 Å². The maximum atomic E-state index is 14.2. The van der Waals surface area contributed by atoms with Crippen molar-refractivity contribution in [2.75, 3.05) is 0 Å². The summed E-state index contributed by atoms with van der Waals surface area (Å²) in [4.78, 5) is 0. The minimum atomic E-state index is -5.91. The highest BCUT2D eigenvalue weighted by atomic mass is 19.4. The van der Waals surface area contributed by atoms with Crippen molar-refractivity contribution in [3.63, 3.8) is 0 Å². The van der Waals surface area contributed by atoms with Crippen LogP contribution in [0.5, 0.6) is 0 Å². The number of halogens is 7. The highest BCUT2D eigenvalue weighted by Crippen LogP contribution is 2.64. The Hall–Kier alpha value is -1.61. The topological polar surface area (TPSA) is 40.5 Å². The highest BCUT2D eigenvalue weighted by Gasteiger charge is 2.69. The van der Waals surface area contributed by atoms with Crippen molar-refractivity contribution in [1.29, 1.82) is 0 Å². The van der Waals surface area contributed by atoms with E-state index in [1.54, 1.807) is 13.8 Å². The zero-order chi connectivity index (χ0) is 31.8.